The highest BCUT2D eigenvalue weighted by Crippen LogP contribution is 1.89. The molecular formula is C5H13N4O+. The molecule has 0 aliphatic rings. The molecule has 0 radical (unpaired) electrons. The summed E-state index contributed by atoms with van der Waals surface area (Å²) in [7, 11) is 6.12. The zero-order valence-corrected chi connectivity index (χ0v) is 6.61. The smallest absolute Gasteiger partial charge is 0.146 e. The average Bonchev–Trinajstić information content (AvgIpc) is 1.78. The van der Waals surface area contributed by atoms with Crippen LogP contribution in [0.1, 0.15) is 0 Å². The highest BCUT2D eigenvalue weighted by molar-refractivity contribution is 4.30. The molecule has 0 saturated heterocycles. The number of likely N-dealkylation sites (N-methyl/N-ethyl adjacent to an activating group) is 1. The summed E-state index contributed by atoms with van der Waals surface area (Å²) in [5.74, 6) is 0. The molecule has 10 heavy (non-hydrogen) atoms. The van der Waals surface area contributed by atoms with Crippen molar-refractivity contribution in [1.29, 1.82) is 0 Å². The molecule has 0 aliphatic heterocycles. The molecule has 58 valence electrons. The van der Waals surface area contributed by atoms with E-state index in [1.807, 2.05) is 21.1 Å². The highest BCUT2D eigenvalue weighted by Gasteiger charge is 2.04. The Morgan fingerprint density at radius 1 is 1.50 bits per heavy atom. The molecule has 0 atom stereocenters. The van der Waals surface area contributed by atoms with Crippen LogP contribution in [0.25, 0.3) is 10.4 Å². The predicted molar refractivity (Wildman–Crippen MR) is 38.0 cm³/mol. The van der Waals surface area contributed by atoms with Crippen LogP contribution in [-0.2, 0) is 4.84 Å². The molecule has 0 rings (SSSR count). The van der Waals surface area contributed by atoms with E-state index >= 15 is 0 Å². The van der Waals surface area contributed by atoms with Crippen LogP contribution < -0.4 is 0 Å². The Kier molecular flexibility index (Phi) is 3.61. The fourth-order valence-electron chi connectivity index (χ4n) is 0.381. The van der Waals surface area contributed by atoms with E-state index in [0.717, 1.165) is 11.0 Å². The average molecular weight is 145 g/mol. The zero-order valence-electron chi connectivity index (χ0n) is 6.61. The van der Waals surface area contributed by atoms with Gasteiger partial charge in [0, 0.05) is 4.91 Å². The van der Waals surface area contributed by atoms with Gasteiger partial charge < -0.3 is 9.32 Å². The summed E-state index contributed by atoms with van der Waals surface area (Å²) in [6.07, 6.45) is 0. The second-order valence-corrected chi connectivity index (χ2v) is 3.02. The first kappa shape index (κ1) is 9.07. The van der Waals surface area contributed by atoms with Crippen LogP contribution in [0.3, 0.4) is 0 Å². The molecule has 5 heteroatoms. The van der Waals surface area contributed by atoms with Crippen molar-refractivity contribution >= 4 is 0 Å². The van der Waals surface area contributed by atoms with Gasteiger partial charge in [-0.25, -0.2) is 0 Å². The van der Waals surface area contributed by atoms with Gasteiger partial charge in [0.25, 0.3) is 0 Å². The first-order valence-corrected chi connectivity index (χ1v) is 3.03. The molecule has 0 aliphatic carbocycles. The van der Waals surface area contributed by atoms with Crippen molar-refractivity contribution in [1.82, 2.24) is 0 Å². The van der Waals surface area contributed by atoms with Gasteiger partial charge in [-0.3, -0.25) is 0 Å². The van der Waals surface area contributed by atoms with Crippen molar-refractivity contribution in [3.8, 4) is 0 Å². The number of hydrogen-bond donors (Lipinski definition) is 0. The van der Waals surface area contributed by atoms with Gasteiger partial charge in [-0.1, -0.05) is 0 Å². The van der Waals surface area contributed by atoms with Gasteiger partial charge in [0.15, 0.2) is 0 Å². The second kappa shape index (κ2) is 3.98. The van der Waals surface area contributed by atoms with Crippen LogP contribution in [0.4, 0.5) is 0 Å². The normalized spacial score (nSPS) is 10.3. The SMILES string of the molecule is C[N+](C)(C)CCON=[N+]=[N-]. The number of hydrogen-bond acceptors (Lipinski definition) is 2. The summed E-state index contributed by atoms with van der Waals surface area (Å²) in [4.78, 5) is 7.00. The molecule has 0 aromatic rings. The molecule has 0 spiro atoms. The van der Waals surface area contributed by atoms with E-state index in [0.29, 0.717) is 6.61 Å². The largest absolute Gasteiger partial charge is 0.428 e. The van der Waals surface area contributed by atoms with E-state index in [4.69, 9.17) is 5.53 Å². The highest BCUT2D eigenvalue weighted by atomic mass is 16.6. The van der Waals surface area contributed by atoms with Gasteiger partial charge in [-0.15, -0.1) is 0 Å². The predicted octanol–water partition coefficient (Wildman–Crippen LogP) is 0.934. The first-order chi connectivity index (χ1) is 4.56. The minimum absolute atomic E-state index is 0.466. The third-order valence-corrected chi connectivity index (χ3v) is 0.948. The Morgan fingerprint density at radius 2 is 2.10 bits per heavy atom. The quantitative estimate of drug-likeness (QED) is 0.145. The zero-order chi connectivity index (χ0) is 8.04. The van der Waals surface area contributed by atoms with E-state index in [-0.39, 0.29) is 0 Å². The Hall–Kier alpha value is -0.930. The molecule has 0 amide bonds. The topological polar surface area (TPSA) is 58.0 Å². The number of rotatable bonds is 4. The summed E-state index contributed by atoms with van der Waals surface area (Å²) in [5, 5.41) is 2.95. The van der Waals surface area contributed by atoms with Gasteiger partial charge in [0.05, 0.1) is 21.1 Å². The summed E-state index contributed by atoms with van der Waals surface area (Å²) < 4.78 is 0.806. The Morgan fingerprint density at radius 3 is 2.50 bits per heavy atom. The monoisotopic (exact) mass is 145 g/mol. The van der Waals surface area contributed by atoms with Crippen LogP contribution in [0.2, 0.25) is 0 Å². The third-order valence-electron chi connectivity index (χ3n) is 0.948. The number of quaternary nitrogens is 1. The van der Waals surface area contributed by atoms with Crippen LogP contribution in [-0.4, -0.2) is 38.8 Å². The van der Waals surface area contributed by atoms with Crippen molar-refractivity contribution in [3.05, 3.63) is 10.4 Å². The fourth-order valence-corrected chi connectivity index (χ4v) is 0.381. The summed E-state index contributed by atoms with van der Waals surface area (Å²) in [6, 6.07) is 0. The Balaban J connectivity index is 3.28. The lowest BCUT2D eigenvalue weighted by molar-refractivity contribution is -0.870. The van der Waals surface area contributed by atoms with Crippen LogP contribution in [0.15, 0.2) is 5.28 Å². The molecule has 0 aromatic carbocycles. The standard InChI is InChI=1S/C5H13N4O/c1-9(2,3)4-5-10-8-7-6/h4-5H2,1-3H3/q+1. The molecular weight excluding hydrogens is 132 g/mol. The number of azide groups is 1. The van der Waals surface area contributed by atoms with Gasteiger partial charge >= 0.3 is 0 Å². The minimum atomic E-state index is 0.466. The van der Waals surface area contributed by atoms with Crippen LogP contribution in [0, 0.1) is 0 Å². The van der Waals surface area contributed by atoms with E-state index in [1.54, 1.807) is 0 Å². The fraction of sp³-hybridized carbons (Fsp3) is 1.00. The van der Waals surface area contributed by atoms with Crippen molar-refractivity contribution in [3.63, 3.8) is 0 Å². The maximum Gasteiger partial charge on any atom is 0.146 e. The molecule has 0 saturated carbocycles. The third kappa shape index (κ3) is 7.07. The van der Waals surface area contributed by atoms with Gasteiger partial charge in [0.1, 0.15) is 18.4 Å². The summed E-state index contributed by atoms with van der Waals surface area (Å²) in [6.45, 7) is 1.30. The second-order valence-electron chi connectivity index (χ2n) is 3.02. The summed E-state index contributed by atoms with van der Waals surface area (Å²) >= 11 is 0. The lowest BCUT2D eigenvalue weighted by atomic mass is 10.5. The molecule has 5 nitrogen and oxygen atoms in total. The van der Waals surface area contributed by atoms with E-state index in [2.05, 4.69) is 15.0 Å². The lowest BCUT2D eigenvalue weighted by Crippen LogP contribution is -2.37. The van der Waals surface area contributed by atoms with Crippen molar-refractivity contribution in [2.45, 2.75) is 0 Å². The molecule has 0 N–H and O–H groups in total. The van der Waals surface area contributed by atoms with Crippen molar-refractivity contribution in [2.24, 2.45) is 5.28 Å². The Bertz CT molecular complexity index is 133. The van der Waals surface area contributed by atoms with Crippen LogP contribution >= 0.6 is 0 Å². The first-order valence-electron chi connectivity index (χ1n) is 3.03. The lowest BCUT2D eigenvalue weighted by Gasteiger charge is -2.22. The molecule has 0 heterocycles. The number of nitrogens with zero attached hydrogens (tertiary/aromatic N) is 4. The van der Waals surface area contributed by atoms with Crippen molar-refractivity contribution < 1.29 is 9.32 Å². The van der Waals surface area contributed by atoms with E-state index in [1.165, 1.54) is 0 Å². The molecule has 0 fully saturated rings. The van der Waals surface area contributed by atoms with Gasteiger partial charge in [-0.2, -0.15) is 0 Å². The van der Waals surface area contributed by atoms with Gasteiger partial charge in [-0.05, 0) is 5.53 Å². The van der Waals surface area contributed by atoms with Gasteiger partial charge in [0.2, 0.25) is 0 Å². The minimum Gasteiger partial charge on any atom is -0.428 e. The van der Waals surface area contributed by atoms with E-state index < -0.39 is 0 Å². The maximum atomic E-state index is 7.82. The maximum absolute atomic E-state index is 7.82. The molecule has 0 unspecified atom stereocenters. The molecule has 0 bridgehead atoms. The summed E-state index contributed by atoms with van der Waals surface area (Å²) in [5.41, 5.74) is 7.82. The molecule has 0 aromatic heterocycles. The van der Waals surface area contributed by atoms with Crippen molar-refractivity contribution in [2.75, 3.05) is 34.3 Å². The van der Waals surface area contributed by atoms with Crippen LogP contribution in [0.5, 0.6) is 0 Å². The van der Waals surface area contributed by atoms with E-state index in [9.17, 15) is 0 Å². The Labute approximate surface area is 60.4 Å².